The number of rotatable bonds is 3. The van der Waals surface area contributed by atoms with Crippen molar-refractivity contribution in [3.8, 4) is 0 Å². The number of carbonyl (C=O) groups is 1. The summed E-state index contributed by atoms with van der Waals surface area (Å²) >= 11 is 1.46. The predicted octanol–water partition coefficient (Wildman–Crippen LogP) is 1.74. The Bertz CT molecular complexity index is 664. The largest absolute Gasteiger partial charge is 0.346 e. The average molecular weight is 310 g/mol. The van der Waals surface area contributed by atoms with Gasteiger partial charge in [0.25, 0.3) is 5.91 Å². The summed E-state index contributed by atoms with van der Waals surface area (Å²) in [6.45, 7) is 2.97. The Balaban J connectivity index is 1.61. The van der Waals surface area contributed by atoms with Crippen LogP contribution < -0.4 is 10.2 Å². The third-order valence-corrected chi connectivity index (χ3v) is 4.09. The average Bonchev–Trinajstić information content (AvgIpc) is 2.79. The molecule has 1 amide bonds. The van der Waals surface area contributed by atoms with Crippen LogP contribution in [0.25, 0.3) is 0 Å². The highest BCUT2D eigenvalue weighted by molar-refractivity contribution is 7.15. The van der Waals surface area contributed by atoms with Crippen LogP contribution in [-0.4, -0.2) is 35.2 Å². The van der Waals surface area contributed by atoms with E-state index >= 15 is 0 Å². The van der Waals surface area contributed by atoms with E-state index in [2.05, 4.69) is 15.5 Å². The fourth-order valence-corrected chi connectivity index (χ4v) is 2.82. The van der Waals surface area contributed by atoms with Crippen molar-refractivity contribution in [2.45, 2.75) is 13.0 Å². The van der Waals surface area contributed by atoms with E-state index in [-0.39, 0.29) is 6.04 Å². The molecule has 0 spiro atoms. The highest BCUT2D eigenvalue weighted by atomic mass is 32.1. The maximum Gasteiger partial charge on any atom is 0.257 e. The minimum atomic E-state index is -0.858. The first kappa shape index (κ1) is 13.9. The zero-order valence-electron chi connectivity index (χ0n) is 11.1. The van der Waals surface area contributed by atoms with Crippen LogP contribution in [0.4, 0.5) is 13.9 Å². The summed E-state index contributed by atoms with van der Waals surface area (Å²) in [5, 5.41) is 12.2. The van der Waals surface area contributed by atoms with Gasteiger partial charge in [-0.05, 0) is 19.1 Å². The number of nitrogens with one attached hydrogen (secondary N) is 1. The van der Waals surface area contributed by atoms with Crippen LogP contribution in [0.5, 0.6) is 0 Å². The zero-order valence-corrected chi connectivity index (χ0v) is 12.0. The third-order valence-electron chi connectivity index (χ3n) is 3.19. The maximum atomic E-state index is 13.5. The van der Waals surface area contributed by atoms with Gasteiger partial charge >= 0.3 is 0 Å². The second-order valence-corrected chi connectivity index (χ2v) is 5.94. The first-order valence-corrected chi connectivity index (χ1v) is 7.16. The van der Waals surface area contributed by atoms with Crippen molar-refractivity contribution in [2.24, 2.45) is 0 Å². The standard InChI is InChI=1S/C13H12F2N4OS/c1-7-17-18-13(21-7)19-5-8(6-19)16-12(20)11-9(14)3-2-4-10(11)15/h2-4,8H,5-6H2,1H3,(H,16,20). The molecule has 0 bridgehead atoms. The molecule has 21 heavy (non-hydrogen) atoms. The van der Waals surface area contributed by atoms with Crippen molar-refractivity contribution in [3.05, 3.63) is 40.4 Å². The number of nitrogens with zero attached hydrogens (tertiary/aromatic N) is 3. The van der Waals surface area contributed by atoms with E-state index in [1.807, 2.05) is 11.8 Å². The Morgan fingerprint density at radius 1 is 1.33 bits per heavy atom. The molecule has 5 nitrogen and oxygen atoms in total. The fourth-order valence-electron chi connectivity index (χ4n) is 2.11. The number of hydrogen-bond donors (Lipinski definition) is 1. The number of anilines is 1. The molecule has 3 rings (SSSR count). The van der Waals surface area contributed by atoms with Crippen LogP contribution in [0, 0.1) is 18.6 Å². The van der Waals surface area contributed by atoms with E-state index in [1.165, 1.54) is 17.4 Å². The molecule has 1 aliphatic heterocycles. The summed E-state index contributed by atoms with van der Waals surface area (Å²) in [6, 6.07) is 3.20. The van der Waals surface area contributed by atoms with E-state index in [1.54, 1.807) is 0 Å². The Kier molecular flexibility index (Phi) is 3.54. The van der Waals surface area contributed by atoms with E-state index < -0.39 is 23.1 Å². The number of carbonyl (C=O) groups excluding carboxylic acids is 1. The highest BCUT2D eigenvalue weighted by Gasteiger charge is 2.31. The molecule has 1 aromatic carbocycles. The summed E-state index contributed by atoms with van der Waals surface area (Å²) in [5.74, 6) is -2.45. The molecule has 0 radical (unpaired) electrons. The molecule has 0 unspecified atom stereocenters. The van der Waals surface area contributed by atoms with Crippen molar-refractivity contribution in [3.63, 3.8) is 0 Å². The first-order chi connectivity index (χ1) is 10.0. The quantitative estimate of drug-likeness (QED) is 0.938. The van der Waals surface area contributed by atoms with Crippen molar-refractivity contribution in [2.75, 3.05) is 18.0 Å². The lowest BCUT2D eigenvalue weighted by Crippen LogP contribution is -2.59. The van der Waals surface area contributed by atoms with Crippen molar-refractivity contribution >= 4 is 22.4 Å². The van der Waals surface area contributed by atoms with E-state index in [0.717, 1.165) is 22.3 Å². The molecular formula is C13H12F2N4OS. The van der Waals surface area contributed by atoms with Gasteiger partial charge in [0.1, 0.15) is 22.2 Å². The number of aromatic nitrogens is 2. The summed E-state index contributed by atoms with van der Waals surface area (Å²) in [5.41, 5.74) is -0.539. The second-order valence-electron chi connectivity index (χ2n) is 4.78. The molecule has 0 aliphatic carbocycles. The van der Waals surface area contributed by atoms with Crippen LogP contribution in [0.1, 0.15) is 15.4 Å². The van der Waals surface area contributed by atoms with Gasteiger partial charge in [0.15, 0.2) is 0 Å². The Morgan fingerprint density at radius 3 is 2.57 bits per heavy atom. The normalized spacial score (nSPS) is 14.9. The van der Waals surface area contributed by atoms with Crippen LogP contribution in [0.2, 0.25) is 0 Å². The van der Waals surface area contributed by atoms with Gasteiger partial charge in [0.2, 0.25) is 5.13 Å². The topological polar surface area (TPSA) is 58.1 Å². The summed E-state index contributed by atoms with van der Waals surface area (Å²) in [7, 11) is 0. The SMILES string of the molecule is Cc1nnc(N2CC(NC(=O)c3c(F)cccc3F)C2)s1. The number of aryl methyl sites for hydroxylation is 1. The Hall–Kier alpha value is -2.09. The number of amides is 1. The smallest absolute Gasteiger partial charge is 0.257 e. The zero-order chi connectivity index (χ0) is 15.0. The Labute approximate surface area is 123 Å². The lowest BCUT2D eigenvalue weighted by Gasteiger charge is -2.39. The highest BCUT2D eigenvalue weighted by Crippen LogP contribution is 2.24. The Morgan fingerprint density at radius 2 is 2.00 bits per heavy atom. The monoisotopic (exact) mass is 310 g/mol. The van der Waals surface area contributed by atoms with Crippen LogP contribution >= 0.6 is 11.3 Å². The summed E-state index contributed by atoms with van der Waals surface area (Å²) in [4.78, 5) is 13.9. The molecule has 8 heteroatoms. The van der Waals surface area contributed by atoms with Crippen LogP contribution in [-0.2, 0) is 0 Å². The molecule has 110 valence electrons. The minimum Gasteiger partial charge on any atom is -0.346 e. The van der Waals surface area contributed by atoms with E-state index in [9.17, 15) is 13.6 Å². The molecule has 2 heterocycles. The molecule has 2 aromatic rings. The summed E-state index contributed by atoms with van der Waals surface area (Å²) < 4.78 is 27.0. The van der Waals surface area contributed by atoms with E-state index in [0.29, 0.717) is 13.1 Å². The van der Waals surface area contributed by atoms with Crippen molar-refractivity contribution in [1.29, 1.82) is 0 Å². The van der Waals surface area contributed by atoms with Gasteiger partial charge in [-0.3, -0.25) is 4.79 Å². The number of halogens is 2. The molecule has 1 fully saturated rings. The second kappa shape index (κ2) is 5.36. The molecule has 1 aromatic heterocycles. The molecule has 1 aliphatic rings. The minimum absolute atomic E-state index is 0.152. The van der Waals surface area contributed by atoms with Crippen molar-refractivity contribution < 1.29 is 13.6 Å². The van der Waals surface area contributed by atoms with Crippen LogP contribution in [0.3, 0.4) is 0 Å². The molecule has 0 atom stereocenters. The predicted molar refractivity (Wildman–Crippen MR) is 74.5 cm³/mol. The number of hydrogen-bond acceptors (Lipinski definition) is 5. The van der Waals surface area contributed by atoms with Gasteiger partial charge in [0, 0.05) is 13.1 Å². The number of benzene rings is 1. The molecular weight excluding hydrogens is 298 g/mol. The van der Waals surface area contributed by atoms with Gasteiger partial charge in [-0.2, -0.15) is 0 Å². The van der Waals surface area contributed by atoms with Gasteiger partial charge < -0.3 is 10.2 Å². The lowest BCUT2D eigenvalue weighted by atomic mass is 10.1. The fraction of sp³-hybridized carbons (Fsp3) is 0.308. The summed E-state index contributed by atoms with van der Waals surface area (Å²) in [6.07, 6.45) is 0. The van der Waals surface area contributed by atoms with E-state index in [4.69, 9.17) is 0 Å². The molecule has 0 saturated carbocycles. The molecule has 1 N–H and O–H groups in total. The molecule has 1 saturated heterocycles. The van der Waals surface area contributed by atoms with Gasteiger partial charge in [-0.1, -0.05) is 17.4 Å². The van der Waals surface area contributed by atoms with Gasteiger partial charge in [0.05, 0.1) is 6.04 Å². The maximum absolute atomic E-state index is 13.5. The van der Waals surface area contributed by atoms with Crippen LogP contribution in [0.15, 0.2) is 18.2 Å². The van der Waals surface area contributed by atoms with Crippen molar-refractivity contribution in [1.82, 2.24) is 15.5 Å². The van der Waals surface area contributed by atoms with Gasteiger partial charge in [-0.15, -0.1) is 10.2 Å². The van der Waals surface area contributed by atoms with Gasteiger partial charge in [-0.25, -0.2) is 8.78 Å². The third kappa shape index (κ3) is 2.71. The first-order valence-electron chi connectivity index (χ1n) is 6.34. The lowest BCUT2D eigenvalue weighted by molar-refractivity contribution is 0.0921.